The predicted molar refractivity (Wildman–Crippen MR) is 106 cm³/mol. The molecule has 1 aliphatic carbocycles. The van der Waals surface area contributed by atoms with E-state index in [9.17, 15) is 18.0 Å². The van der Waals surface area contributed by atoms with Gasteiger partial charge in [0.15, 0.2) is 20.4 Å². The van der Waals surface area contributed by atoms with Crippen molar-refractivity contribution in [3.8, 4) is 0 Å². The van der Waals surface area contributed by atoms with Crippen LogP contribution in [0.3, 0.4) is 0 Å². The maximum Gasteiger partial charge on any atom is 0.193 e. The van der Waals surface area contributed by atoms with Gasteiger partial charge in [-0.1, -0.05) is 42.5 Å². The summed E-state index contributed by atoms with van der Waals surface area (Å²) in [5.74, 6) is -0.522. The first-order valence-corrected chi connectivity index (χ1v) is 11.7. The molecule has 5 nitrogen and oxygen atoms in total. The number of hydrogen-bond donors (Lipinski definition) is 0. The van der Waals surface area contributed by atoms with Crippen LogP contribution >= 0.6 is 0 Å². The molecule has 0 spiro atoms. The van der Waals surface area contributed by atoms with Gasteiger partial charge in [0.25, 0.3) is 0 Å². The molecule has 4 bridgehead atoms. The minimum absolute atomic E-state index is 0.0517. The van der Waals surface area contributed by atoms with E-state index in [1.807, 2.05) is 24.3 Å². The van der Waals surface area contributed by atoms with E-state index in [0.29, 0.717) is 6.42 Å². The van der Waals surface area contributed by atoms with Crippen molar-refractivity contribution < 1.29 is 18.0 Å². The highest BCUT2D eigenvalue weighted by Gasteiger charge is 2.75. The highest BCUT2D eigenvalue weighted by molar-refractivity contribution is 7.93. The third kappa shape index (κ3) is 1.92. The predicted octanol–water partition coefficient (Wildman–Crippen LogP) is 3.02. The van der Waals surface area contributed by atoms with E-state index in [4.69, 9.17) is 0 Å². The number of piperidine rings is 1. The number of nitrogens with zero attached hydrogens (tertiary/aromatic N) is 1. The van der Waals surface area contributed by atoms with Crippen LogP contribution in [0.4, 0.5) is 0 Å². The number of carbonyl (C=O) groups is 2. The van der Waals surface area contributed by atoms with Crippen LogP contribution in [0.1, 0.15) is 48.9 Å². The van der Waals surface area contributed by atoms with Crippen LogP contribution in [0.15, 0.2) is 59.5 Å². The average Bonchev–Trinajstić information content (AvgIpc) is 3.18. The molecule has 29 heavy (non-hydrogen) atoms. The molecule has 0 radical (unpaired) electrons. The van der Waals surface area contributed by atoms with Crippen LogP contribution in [0, 0.1) is 5.92 Å². The molecule has 0 aromatic heterocycles. The van der Waals surface area contributed by atoms with Crippen LogP contribution in [-0.2, 0) is 19.4 Å². The third-order valence-corrected chi connectivity index (χ3v) is 9.97. The van der Waals surface area contributed by atoms with Gasteiger partial charge in [0.2, 0.25) is 0 Å². The number of benzene rings is 2. The van der Waals surface area contributed by atoms with Gasteiger partial charge in [-0.2, -0.15) is 0 Å². The molecule has 6 rings (SSSR count). The molecular weight excluding hydrogens is 386 g/mol. The van der Waals surface area contributed by atoms with E-state index in [2.05, 4.69) is 4.90 Å². The average molecular weight is 407 g/mol. The molecule has 6 heteroatoms. The van der Waals surface area contributed by atoms with Crippen molar-refractivity contribution in [1.29, 1.82) is 0 Å². The van der Waals surface area contributed by atoms with Crippen molar-refractivity contribution in [1.82, 2.24) is 4.90 Å². The van der Waals surface area contributed by atoms with Crippen molar-refractivity contribution in [2.75, 3.05) is 0 Å². The number of sulfone groups is 1. The molecule has 2 saturated heterocycles. The lowest BCUT2D eigenvalue weighted by Crippen LogP contribution is -2.59. The molecule has 6 atom stereocenters. The standard InChI is InChI=1S/C23H21NO4S/c25-19-12-6-11-18-17(19)13-23(29(27,28)14-7-2-1-3-8-14)21-16-10-5-4-9-15(16)20(22(23)26)24(18)21/h1-5,7-10,17-18,20-21H,6,11-13H2. The van der Waals surface area contributed by atoms with Gasteiger partial charge in [-0.05, 0) is 42.5 Å². The molecule has 1 saturated carbocycles. The molecule has 3 fully saturated rings. The molecule has 4 aliphatic rings. The van der Waals surface area contributed by atoms with Crippen molar-refractivity contribution in [2.45, 2.75) is 53.5 Å². The number of carbonyl (C=O) groups excluding carboxylic acids is 2. The van der Waals surface area contributed by atoms with Crippen LogP contribution in [0.5, 0.6) is 0 Å². The van der Waals surface area contributed by atoms with E-state index in [1.165, 1.54) is 0 Å². The normalized spacial score (nSPS) is 37.3. The summed E-state index contributed by atoms with van der Waals surface area (Å²) in [6.45, 7) is 0. The Kier molecular flexibility index (Phi) is 3.41. The smallest absolute Gasteiger partial charge is 0.193 e. The first-order valence-electron chi connectivity index (χ1n) is 10.2. The Morgan fingerprint density at radius 3 is 2.38 bits per heavy atom. The van der Waals surface area contributed by atoms with Gasteiger partial charge in [0.05, 0.1) is 17.0 Å². The van der Waals surface area contributed by atoms with Gasteiger partial charge in [-0.3, -0.25) is 14.5 Å². The topological polar surface area (TPSA) is 71.5 Å². The monoisotopic (exact) mass is 407 g/mol. The van der Waals surface area contributed by atoms with Crippen LogP contribution in [-0.4, -0.2) is 35.7 Å². The van der Waals surface area contributed by atoms with Gasteiger partial charge in [-0.15, -0.1) is 0 Å². The summed E-state index contributed by atoms with van der Waals surface area (Å²) >= 11 is 0. The zero-order valence-electron chi connectivity index (χ0n) is 15.8. The molecule has 3 heterocycles. The molecule has 148 valence electrons. The number of ketones is 2. The van der Waals surface area contributed by atoms with Gasteiger partial charge in [-0.25, -0.2) is 8.42 Å². The molecule has 2 aromatic carbocycles. The Balaban J connectivity index is 1.63. The van der Waals surface area contributed by atoms with Crippen molar-refractivity contribution in [3.05, 3.63) is 65.7 Å². The van der Waals surface area contributed by atoms with Crippen LogP contribution < -0.4 is 0 Å². The second-order valence-electron chi connectivity index (χ2n) is 8.69. The summed E-state index contributed by atoms with van der Waals surface area (Å²) in [5.41, 5.74) is 1.85. The lowest BCUT2D eigenvalue weighted by Gasteiger charge is -2.48. The molecule has 0 amide bonds. The highest BCUT2D eigenvalue weighted by Crippen LogP contribution is 2.66. The zero-order chi connectivity index (χ0) is 20.0. The second kappa shape index (κ2) is 5.64. The fourth-order valence-electron chi connectivity index (χ4n) is 6.43. The molecular formula is C23H21NO4S. The van der Waals surface area contributed by atoms with E-state index in [-0.39, 0.29) is 34.8 Å². The Morgan fingerprint density at radius 1 is 0.931 bits per heavy atom. The van der Waals surface area contributed by atoms with Crippen molar-refractivity contribution in [3.63, 3.8) is 0 Å². The summed E-state index contributed by atoms with van der Waals surface area (Å²) in [6, 6.07) is 14.9. The van der Waals surface area contributed by atoms with Gasteiger partial charge < -0.3 is 0 Å². The van der Waals surface area contributed by atoms with Crippen LogP contribution in [0.25, 0.3) is 0 Å². The Bertz CT molecular complexity index is 1160. The Hall–Kier alpha value is -2.31. The maximum absolute atomic E-state index is 14.0. The van der Waals surface area contributed by atoms with Crippen molar-refractivity contribution >= 4 is 21.4 Å². The molecule has 0 N–H and O–H groups in total. The zero-order valence-corrected chi connectivity index (χ0v) is 16.6. The maximum atomic E-state index is 14.0. The fraction of sp³-hybridized carbons (Fsp3) is 0.391. The second-order valence-corrected chi connectivity index (χ2v) is 10.9. The number of hydrogen-bond acceptors (Lipinski definition) is 5. The minimum atomic E-state index is -3.97. The summed E-state index contributed by atoms with van der Waals surface area (Å²) in [5, 5.41) is 0. The van der Waals surface area contributed by atoms with E-state index in [0.717, 1.165) is 24.0 Å². The minimum Gasteiger partial charge on any atom is -0.299 e. The number of rotatable bonds is 2. The SMILES string of the molecule is O=C1CCCC2C1CC1(S(=O)(=O)c3ccccc3)C(=O)C3c4ccccc4C1N32. The highest BCUT2D eigenvalue weighted by atomic mass is 32.2. The first kappa shape index (κ1) is 17.5. The summed E-state index contributed by atoms with van der Waals surface area (Å²) in [6.07, 6.45) is 2.23. The quantitative estimate of drug-likeness (QED) is 0.765. The third-order valence-electron chi connectivity index (χ3n) is 7.53. The van der Waals surface area contributed by atoms with Gasteiger partial charge in [0.1, 0.15) is 5.78 Å². The number of fused-ring (bicyclic) bond motifs is 3. The molecule has 3 aliphatic heterocycles. The van der Waals surface area contributed by atoms with Gasteiger partial charge >= 0.3 is 0 Å². The Morgan fingerprint density at radius 2 is 1.62 bits per heavy atom. The fourth-order valence-corrected chi connectivity index (χ4v) is 8.68. The van der Waals surface area contributed by atoms with Crippen LogP contribution in [0.2, 0.25) is 0 Å². The van der Waals surface area contributed by atoms with E-state index >= 15 is 0 Å². The van der Waals surface area contributed by atoms with E-state index in [1.54, 1.807) is 30.3 Å². The number of Topliss-reactive ketones (excluding diaryl/α,β-unsaturated/α-hetero) is 2. The molecule has 2 aromatic rings. The van der Waals surface area contributed by atoms with Gasteiger partial charge in [0, 0.05) is 18.4 Å². The van der Waals surface area contributed by atoms with E-state index < -0.39 is 26.7 Å². The summed E-state index contributed by atoms with van der Waals surface area (Å²) in [4.78, 5) is 29.0. The lowest BCUT2D eigenvalue weighted by molar-refractivity contribution is -0.130. The summed E-state index contributed by atoms with van der Waals surface area (Å²) in [7, 11) is -3.97. The lowest BCUT2D eigenvalue weighted by atomic mass is 9.70. The van der Waals surface area contributed by atoms with Crippen molar-refractivity contribution in [2.24, 2.45) is 5.92 Å². The largest absolute Gasteiger partial charge is 0.299 e. The first-order chi connectivity index (χ1) is 14.0. The Labute approximate surface area is 169 Å². The molecule has 6 unspecified atom stereocenters. The summed E-state index contributed by atoms with van der Waals surface area (Å²) < 4.78 is 26.4.